The zero-order valence-corrected chi connectivity index (χ0v) is 19.2. The first-order chi connectivity index (χ1) is 17.0. The standard InChI is InChI=1S/C26H24N6O3/c1-18-6-5-9-20(16-18)32-24(34)17-22(33)25(29-32)26(35)31-14-12-30(13-15-31)23-11-10-21(27-28-23)19-7-3-2-4-8-19/h2-11,16-17,33H,12-15H2,1H3. The number of aryl methyl sites for hydroxylation is 1. The monoisotopic (exact) mass is 468 g/mol. The van der Waals surface area contributed by atoms with Crippen LogP contribution < -0.4 is 10.5 Å². The van der Waals surface area contributed by atoms with Gasteiger partial charge in [-0.25, -0.2) is 0 Å². The van der Waals surface area contributed by atoms with Crippen molar-refractivity contribution in [1.29, 1.82) is 0 Å². The molecule has 0 spiro atoms. The third-order valence-corrected chi connectivity index (χ3v) is 5.97. The van der Waals surface area contributed by atoms with Crippen LogP contribution in [0, 0.1) is 6.92 Å². The summed E-state index contributed by atoms with van der Waals surface area (Å²) in [6, 6.07) is 22.0. The van der Waals surface area contributed by atoms with Gasteiger partial charge >= 0.3 is 0 Å². The number of nitrogens with zero attached hydrogens (tertiary/aromatic N) is 6. The molecule has 176 valence electrons. The number of carbonyl (C=O) groups excluding carboxylic acids is 1. The van der Waals surface area contributed by atoms with Gasteiger partial charge in [0.2, 0.25) is 0 Å². The van der Waals surface area contributed by atoms with E-state index in [0.717, 1.165) is 33.4 Å². The Morgan fingerprint density at radius 3 is 2.34 bits per heavy atom. The highest BCUT2D eigenvalue weighted by Gasteiger charge is 2.27. The van der Waals surface area contributed by atoms with Crippen LogP contribution in [0.2, 0.25) is 0 Å². The fraction of sp³-hybridized carbons (Fsp3) is 0.192. The van der Waals surface area contributed by atoms with Crippen molar-refractivity contribution >= 4 is 11.7 Å². The van der Waals surface area contributed by atoms with Crippen molar-refractivity contribution in [3.63, 3.8) is 0 Å². The molecule has 0 atom stereocenters. The van der Waals surface area contributed by atoms with E-state index in [4.69, 9.17) is 0 Å². The largest absolute Gasteiger partial charge is 0.505 e. The number of rotatable bonds is 4. The molecule has 1 fully saturated rings. The summed E-state index contributed by atoms with van der Waals surface area (Å²) in [5.41, 5.74) is 2.63. The highest BCUT2D eigenvalue weighted by Crippen LogP contribution is 2.21. The number of aromatic nitrogens is 4. The van der Waals surface area contributed by atoms with Crippen LogP contribution >= 0.6 is 0 Å². The van der Waals surface area contributed by atoms with Gasteiger partial charge in [0.15, 0.2) is 17.3 Å². The first kappa shape index (κ1) is 22.3. The minimum Gasteiger partial charge on any atom is -0.505 e. The molecule has 0 unspecified atom stereocenters. The number of anilines is 1. The molecule has 1 N–H and O–H groups in total. The van der Waals surface area contributed by atoms with E-state index in [0.29, 0.717) is 31.9 Å². The van der Waals surface area contributed by atoms with Crippen LogP contribution in [0.15, 0.2) is 77.6 Å². The summed E-state index contributed by atoms with van der Waals surface area (Å²) in [4.78, 5) is 29.3. The van der Waals surface area contributed by atoms with Gasteiger partial charge in [-0.05, 0) is 36.8 Å². The van der Waals surface area contributed by atoms with Crippen molar-refractivity contribution in [1.82, 2.24) is 24.9 Å². The Balaban J connectivity index is 1.30. The predicted molar refractivity (Wildman–Crippen MR) is 132 cm³/mol. The molecule has 9 nitrogen and oxygen atoms in total. The summed E-state index contributed by atoms with van der Waals surface area (Å²) < 4.78 is 1.14. The van der Waals surface area contributed by atoms with Crippen LogP contribution in [-0.2, 0) is 0 Å². The molecule has 0 saturated carbocycles. The SMILES string of the molecule is Cc1cccc(-n2nc(C(=O)N3CCN(c4ccc(-c5ccccc5)nn4)CC3)c(O)cc2=O)c1. The zero-order valence-electron chi connectivity index (χ0n) is 19.2. The molecule has 2 aromatic carbocycles. The van der Waals surface area contributed by atoms with E-state index >= 15 is 0 Å². The molecule has 35 heavy (non-hydrogen) atoms. The third-order valence-electron chi connectivity index (χ3n) is 5.97. The first-order valence-corrected chi connectivity index (χ1v) is 11.3. The smallest absolute Gasteiger partial charge is 0.278 e. The Hall–Kier alpha value is -4.53. The summed E-state index contributed by atoms with van der Waals surface area (Å²) in [5.74, 6) is -0.103. The summed E-state index contributed by atoms with van der Waals surface area (Å²) in [5, 5.41) is 23.2. The van der Waals surface area contributed by atoms with Gasteiger partial charge in [-0.3, -0.25) is 9.59 Å². The van der Waals surface area contributed by atoms with E-state index in [9.17, 15) is 14.7 Å². The van der Waals surface area contributed by atoms with E-state index in [1.54, 1.807) is 17.0 Å². The van der Waals surface area contributed by atoms with Gasteiger partial charge in [-0.1, -0.05) is 42.5 Å². The Labute approximate surface area is 201 Å². The minimum atomic E-state index is -0.507. The van der Waals surface area contributed by atoms with E-state index < -0.39 is 17.2 Å². The van der Waals surface area contributed by atoms with Crippen LogP contribution in [-0.4, -0.2) is 62.1 Å². The molecule has 1 aliphatic heterocycles. The number of amides is 1. The number of hydrogen-bond donors (Lipinski definition) is 1. The molecule has 5 rings (SSSR count). The second-order valence-corrected chi connectivity index (χ2v) is 8.39. The number of benzene rings is 2. The molecular formula is C26H24N6O3. The van der Waals surface area contributed by atoms with Crippen molar-refractivity contribution in [2.75, 3.05) is 31.1 Å². The van der Waals surface area contributed by atoms with E-state index in [-0.39, 0.29) is 5.69 Å². The van der Waals surface area contributed by atoms with Crippen molar-refractivity contribution < 1.29 is 9.90 Å². The quantitative estimate of drug-likeness (QED) is 0.491. The lowest BCUT2D eigenvalue weighted by molar-refractivity contribution is 0.0735. The molecule has 3 heterocycles. The fourth-order valence-electron chi connectivity index (χ4n) is 4.09. The van der Waals surface area contributed by atoms with Gasteiger partial charge in [-0.15, -0.1) is 10.2 Å². The summed E-state index contributed by atoms with van der Waals surface area (Å²) in [6.45, 7) is 3.87. The third kappa shape index (κ3) is 4.61. The van der Waals surface area contributed by atoms with Crippen molar-refractivity contribution in [2.24, 2.45) is 0 Å². The highest BCUT2D eigenvalue weighted by molar-refractivity contribution is 5.94. The van der Waals surface area contributed by atoms with E-state index in [1.807, 2.05) is 61.5 Å². The number of aromatic hydroxyl groups is 1. The molecule has 0 aliphatic carbocycles. The normalized spacial score (nSPS) is 13.6. The lowest BCUT2D eigenvalue weighted by Gasteiger charge is -2.35. The van der Waals surface area contributed by atoms with Gasteiger partial charge < -0.3 is 14.9 Å². The Morgan fingerprint density at radius 2 is 1.66 bits per heavy atom. The number of carbonyl (C=O) groups is 1. The van der Waals surface area contributed by atoms with Gasteiger partial charge in [0.05, 0.1) is 11.4 Å². The van der Waals surface area contributed by atoms with Crippen molar-refractivity contribution in [3.8, 4) is 22.7 Å². The molecule has 4 aromatic rings. The summed E-state index contributed by atoms with van der Waals surface area (Å²) >= 11 is 0. The molecule has 0 bridgehead atoms. The molecule has 0 radical (unpaired) electrons. The van der Waals surface area contributed by atoms with Gasteiger partial charge in [0, 0.05) is 37.8 Å². The highest BCUT2D eigenvalue weighted by atomic mass is 16.3. The average Bonchev–Trinajstić information content (AvgIpc) is 2.89. The predicted octanol–water partition coefficient (Wildman–Crippen LogP) is 2.67. The molecule has 1 aliphatic rings. The Morgan fingerprint density at radius 1 is 0.886 bits per heavy atom. The average molecular weight is 469 g/mol. The summed E-state index contributed by atoms with van der Waals surface area (Å²) in [7, 11) is 0. The zero-order chi connectivity index (χ0) is 24.4. The minimum absolute atomic E-state index is 0.147. The van der Waals surface area contributed by atoms with Gasteiger partial charge in [0.1, 0.15) is 0 Å². The first-order valence-electron chi connectivity index (χ1n) is 11.3. The van der Waals surface area contributed by atoms with Crippen LogP contribution in [0.5, 0.6) is 5.75 Å². The Bertz CT molecular complexity index is 1410. The molecule has 1 saturated heterocycles. The second kappa shape index (κ2) is 9.38. The Kier molecular flexibility index (Phi) is 5.97. The van der Waals surface area contributed by atoms with Crippen molar-refractivity contribution in [2.45, 2.75) is 6.92 Å². The molecule has 1 amide bonds. The maximum Gasteiger partial charge on any atom is 0.278 e. The molecular weight excluding hydrogens is 444 g/mol. The lowest BCUT2D eigenvalue weighted by Crippen LogP contribution is -2.49. The molecule has 9 heteroatoms. The van der Waals surface area contributed by atoms with Crippen LogP contribution in [0.4, 0.5) is 5.82 Å². The van der Waals surface area contributed by atoms with Gasteiger partial charge in [0.25, 0.3) is 11.5 Å². The van der Waals surface area contributed by atoms with E-state index in [1.165, 1.54) is 0 Å². The number of hydrogen-bond acceptors (Lipinski definition) is 7. The van der Waals surface area contributed by atoms with Crippen LogP contribution in [0.25, 0.3) is 16.9 Å². The van der Waals surface area contributed by atoms with Crippen LogP contribution in [0.3, 0.4) is 0 Å². The fourth-order valence-corrected chi connectivity index (χ4v) is 4.09. The topological polar surface area (TPSA) is 104 Å². The van der Waals surface area contributed by atoms with Crippen LogP contribution in [0.1, 0.15) is 16.1 Å². The number of piperazine rings is 1. The van der Waals surface area contributed by atoms with E-state index in [2.05, 4.69) is 20.2 Å². The van der Waals surface area contributed by atoms with Gasteiger partial charge in [-0.2, -0.15) is 9.78 Å². The maximum absolute atomic E-state index is 13.2. The second-order valence-electron chi connectivity index (χ2n) is 8.39. The molecule has 2 aromatic heterocycles. The maximum atomic E-state index is 13.2. The lowest BCUT2D eigenvalue weighted by atomic mass is 10.1. The van der Waals surface area contributed by atoms with Crippen molar-refractivity contribution in [3.05, 3.63) is 94.4 Å². The summed E-state index contributed by atoms with van der Waals surface area (Å²) in [6.07, 6.45) is 0.